The zero-order chi connectivity index (χ0) is 15.8. The predicted molar refractivity (Wildman–Crippen MR) is 70.4 cm³/mol. The SMILES string of the molecule is CCc1nc(C(=O)O)nn1-c1ccc(Br)cc1C(F)(F)F. The molecule has 9 heteroatoms. The van der Waals surface area contributed by atoms with Gasteiger partial charge in [-0.05, 0) is 18.2 Å². The highest BCUT2D eigenvalue weighted by atomic mass is 79.9. The third-order valence-corrected chi connectivity index (χ3v) is 3.17. The fourth-order valence-electron chi connectivity index (χ4n) is 1.78. The number of benzene rings is 1. The molecule has 21 heavy (non-hydrogen) atoms. The van der Waals surface area contributed by atoms with E-state index in [4.69, 9.17) is 5.11 Å². The summed E-state index contributed by atoms with van der Waals surface area (Å²) < 4.78 is 40.5. The van der Waals surface area contributed by atoms with Gasteiger partial charge in [0.15, 0.2) is 0 Å². The lowest BCUT2D eigenvalue weighted by Crippen LogP contribution is -2.13. The molecule has 0 aliphatic heterocycles. The van der Waals surface area contributed by atoms with E-state index >= 15 is 0 Å². The van der Waals surface area contributed by atoms with Crippen molar-refractivity contribution in [2.24, 2.45) is 0 Å². The standard InChI is InChI=1S/C12H9BrF3N3O2/c1-2-9-17-10(11(20)21)18-19(9)8-4-3-6(13)5-7(8)12(14,15)16/h3-5H,2H2,1H3,(H,20,21). The summed E-state index contributed by atoms with van der Waals surface area (Å²) in [5.74, 6) is -1.79. The third kappa shape index (κ3) is 3.07. The second-order valence-corrected chi connectivity index (χ2v) is 5.00. The van der Waals surface area contributed by atoms with Crippen molar-refractivity contribution in [3.05, 3.63) is 39.9 Å². The van der Waals surface area contributed by atoms with Crippen molar-refractivity contribution < 1.29 is 23.1 Å². The van der Waals surface area contributed by atoms with Gasteiger partial charge in [0.2, 0.25) is 0 Å². The second-order valence-electron chi connectivity index (χ2n) is 4.08. The van der Waals surface area contributed by atoms with Gasteiger partial charge in [0.05, 0.1) is 11.3 Å². The minimum atomic E-state index is -4.60. The summed E-state index contributed by atoms with van der Waals surface area (Å²) in [6, 6.07) is 3.55. The largest absolute Gasteiger partial charge is 0.475 e. The maximum absolute atomic E-state index is 13.1. The van der Waals surface area contributed by atoms with Crippen molar-refractivity contribution in [3.63, 3.8) is 0 Å². The molecule has 0 fully saturated rings. The average molecular weight is 364 g/mol. The van der Waals surface area contributed by atoms with E-state index in [1.165, 1.54) is 12.1 Å². The fourth-order valence-corrected chi connectivity index (χ4v) is 2.14. The van der Waals surface area contributed by atoms with Gasteiger partial charge in [0.1, 0.15) is 5.82 Å². The molecule has 0 saturated heterocycles. The van der Waals surface area contributed by atoms with Gasteiger partial charge in [0.25, 0.3) is 5.82 Å². The molecule has 0 amide bonds. The number of aryl methyl sites for hydroxylation is 1. The number of aromatic nitrogens is 3. The Morgan fingerprint density at radius 2 is 2.10 bits per heavy atom. The molecular formula is C12H9BrF3N3O2. The summed E-state index contributed by atoms with van der Waals surface area (Å²) in [6.45, 7) is 1.65. The molecule has 0 spiro atoms. The topological polar surface area (TPSA) is 68.0 Å². The first-order valence-electron chi connectivity index (χ1n) is 5.80. The number of rotatable bonds is 3. The molecule has 0 radical (unpaired) electrons. The number of alkyl halides is 3. The maximum atomic E-state index is 13.1. The van der Waals surface area contributed by atoms with Crippen molar-refractivity contribution >= 4 is 21.9 Å². The van der Waals surface area contributed by atoms with Gasteiger partial charge in [-0.2, -0.15) is 13.2 Å². The maximum Gasteiger partial charge on any atom is 0.418 e. The summed E-state index contributed by atoms with van der Waals surface area (Å²) in [5, 5.41) is 12.5. The van der Waals surface area contributed by atoms with E-state index in [0.29, 0.717) is 0 Å². The quantitative estimate of drug-likeness (QED) is 0.908. The lowest BCUT2D eigenvalue weighted by Gasteiger charge is -2.14. The fraction of sp³-hybridized carbons (Fsp3) is 0.250. The first kappa shape index (κ1) is 15.5. The number of nitrogens with zero attached hydrogens (tertiary/aromatic N) is 3. The van der Waals surface area contributed by atoms with Gasteiger partial charge in [-0.25, -0.2) is 14.5 Å². The normalized spacial score (nSPS) is 11.7. The van der Waals surface area contributed by atoms with Crippen molar-refractivity contribution in [2.45, 2.75) is 19.5 Å². The van der Waals surface area contributed by atoms with Gasteiger partial charge >= 0.3 is 12.1 Å². The van der Waals surface area contributed by atoms with Crippen LogP contribution in [0.5, 0.6) is 0 Å². The summed E-state index contributed by atoms with van der Waals surface area (Å²) in [7, 11) is 0. The Bertz CT molecular complexity index is 698. The summed E-state index contributed by atoms with van der Waals surface area (Å²) >= 11 is 2.99. The Hall–Kier alpha value is -1.90. The van der Waals surface area contributed by atoms with Gasteiger partial charge in [-0.3, -0.25) is 0 Å². The van der Waals surface area contributed by atoms with Crippen molar-refractivity contribution in [2.75, 3.05) is 0 Å². The Labute approximate surface area is 125 Å². The highest BCUT2D eigenvalue weighted by Gasteiger charge is 2.35. The molecule has 5 nitrogen and oxygen atoms in total. The van der Waals surface area contributed by atoms with Crippen LogP contribution >= 0.6 is 15.9 Å². The Balaban J connectivity index is 2.69. The van der Waals surface area contributed by atoms with Crippen LogP contribution in [0.15, 0.2) is 22.7 Å². The molecule has 0 aliphatic carbocycles. The number of carboxylic acid groups (broad SMARTS) is 1. The zero-order valence-electron chi connectivity index (χ0n) is 10.6. The lowest BCUT2D eigenvalue weighted by molar-refractivity contribution is -0.137. The molecule has 0 aliphatic rings. The molecule has 112 valence electrons. The van der Waals surface area contributed by atoms with Crippen molar-refractivity contribution in [1.29, 1.82) is 0 Å². The number of hydrogen-bond donors (Lipinski definition) is 1. The van der Waals surface area contributed by atoms with Crippen LogP contribution in [0.3, 0.4) is 0 Å². The Morgan fingerprint density at radius 3 is 2.62 bits per heavy atom. The molecule has 1 N–H and O–H groups in total. The van der Waals surface area contributed by atoms with E-state index in [-0.39, 0.29) is 22.4 Å². The first-order chi connectivity index (χ1) is 9.74. The van der Waals surface area contributed by atoms with Crippen LogP contribution in [-0.4, -0.2) is 25.8 Å². The Morgan fingerprint density at radius 1 is 1.43 bits per heavy atom. The third-order valence-electron chi connectivity index (χ3n) is 2.67. The second kappa shape index (κ2) is 5.47. The van der Waals surface area contributed by atoms with Crippen molar-refractivity contribution in [1.82, 2.24) is 14.8 Å². The molecule has 2 rings (SSSR count). The molecular weight excluding hydrogens is 355 g/mol. The van der Waals surface area contributed by atoms with E-state index in [1.54, 1.807) is 6.92 Å². The number of aromatic carboxylic acids is 1. The molecule has 1 aromatic carbocycles. The smallest absolute Gasteiger partial charge is 0.418 e. The summed E-state index contributed by atoms with van der Waals surface area (Å²) in [6.07, 6.45) is -4.35. The van der Waals surface area contributed by atoms with E-state index in [1.807, 2.05) is 0 Å². The van der Waals surface area contributed by atoms with Crippen LogP contribution in [0.1, 0.15) is 28.9 Å². The zero-order valence-corrected chi connectivity index (χ0v) is 12.2. The van der Waals surface area contributed by atoms with Gasteiger partial charge in [-0.1, -0.05) is 22.9 Å². The minimum Gasteiger partial charge on any atom is -0.475 e. The van der Waals surface area contributed by atoms with Crippen LogP contribution in [0.2, 0.25) is 0 Å². The van der Waals surface area contributed by atoms with Crippen LogP contribution in [0.25, 0.3) is 5.69 Å². The average Bonchev–Trinajstić information content (AvgIpc) is 2.81. The Kier molecular flexibility index (Phi) is 4.04. The predicted octanol–water partition coefficient (Wildman–Crippen LogP) is 3.31. The first-order valence-corrected chi connectivity index (χ1v) is 6.59. The van der Waals surface area contributed by atoms with Crippen LogP contribution in [0.4, 0.5) is 13.2 Å². The molecule has 0 bridgehead atoms. The summed E-state index contributed by atoms with van der Waals surface area (Å²) in [5.41, 5.74) is -1.18. The highest BCUT2D eigenvalue weighted by Crippen LogP contribution is 2.35. The molecule has 0 unspecified atom stereocenters. The number of hydrogen-bond acceptors (Lipinski definition) is 3. The molecule has 0 atom stereocenters. The number of carboxylic acids is 1. The number of carbonyl (C=O) groups is 1. The molecule has 0 saturated carbocycles. The number of halogens is 4. The van der Waals surface area contributed by atoms with Crippen LogP contribution in [-0.2, 0) is 12.6 Å². The summed E-state index contributed by atoms with van der Waals surface area (Å²) in [4.78, 5) is 14.6. The lowest BCUT2D eigenvalue weighted by atomic mass is 10.1. The van der Waals surface area contributed by atoms with Crippen LogP contribution in [0, 0.1) is 0 Å². The van der Waals surface area contributed by atoms with Gasteiger partial charge < -0.3 is 5.11 Å². The minimum absolute atomic E-state index is 0.139. The van der Waals surface area contributed by atoms with Crippen LogP contribution < -0.4 is 0 Å². The monoisotopic (exact) mass is 363 g/mol. The van der Waals surface area contributed by atoms with E-state index in [0.717, 1.165) is 10.7 Å². The van der Waals surface area contributed by atoms with Gasteiger partial charge in [0, 0.05) is 10.9 Å². The molecule has 1 heterocycles. The van der Waals surface area contributed by atoms with E-state index in [2.05, 4.69) is 26.0 Å². The highest BCUT2D eigenvalue weighted by molar-refractivity contribution is 9.10. The molecule has 1 aromatic heterocycles. The van der Waals surface area contributed by atoms with E-state index < -0.39 is 23.5 Å². The van der Waals surface area contributed by atoms with E-state index in [9.17, 15) is 18.0 Å². The van der Waals surface area contributed by atoms with Gasteiger partial charge in [-0.15, -0.1) is 5.10 Å². The van der Waals surface area contributed by atoms with Crippen molar-refractivity contribution in [3.8, 4) is 5.69 Å². The molecule has 2 aromatic rings.